The van der Waals surface area contributed by atoms with E-state index in [0.717, 1.165) is 17.9 Å². The summed E-state index contributed by atoms with van der Waals surface area (Å²) >= 11 is 4.91. The van der Waals surface area contributed by atoms with Crippen LogP contribution in [0.25, 0.3) is 0 Å². The van der Waals surface area contributed by atoms with Crippen LogP contribution in [0.1, 0.15) is 26.0 Å². The van der Waals surface area contributed by atoms with E-state index in [1.54, 1.807) is 6.33 Å². The summed E-state index contributed by atoms with van der Waals surface area (Å²) in [4.78, 5) is 11.0. The van der Waals surface area contributed by atoms with Crippen LogP contribution in [0.15, 0.2) is 12.4 Å². The summed E-state index contributed by atoms with van der Waals surface area (Å²) < 4.78 is 0. The highest BCUT2D eigenvalue weighted by molar-refractivity contribution is 7.80. The first-order valence-electron chi connectivity index (χ1n) is 5.36. The lowest BCUT2D eigenvalue weighted by Crippen LogP contribution is -2.33. The van der Waals surface area contributed by atoms with E-state index in [1.807, 2.05) is 13.1 Å². The quantitative estimate of drug-likeness (QED) is 0.789. The van der Waals surface area contributed by atoms with Gasteiger partial charge >= 0.3 is 0 Å². The number of thiocarbonyl (C=S) groups is 1. The van der Waals surface area contributed by atoms with Crippen LogP contribution in [-0.4, -0.2) is 28.0 Å². The third kappa shape index (κ3) is 3.41. The molecule has 0 aliphatic rings. The van der Waals surface area contributed by atoms with E-state index in [-0.39, 0.29) is 6.04 Å². The van der Waals surface area contributed by atoms with Crippen molar-refractivity contribution in [1.29, 1.82) is 0 Å². The Balaban J connectivity index is 2.78. The minimum Gasteiger partial charge on any atom is -0.393 e. The van der Waals surface area contributed by atoms with Crippen molar-refractivity contribution in [3.63, 3.8) is 0 Å². The van der Waals surface area contributed by atoms with Gasteiger partial charge in [-0.05, 0) is 13.3 Å². The minimum absolute atomic E-state index is 0.247. The molecule has 1 rings (SSSR count). The third-order valence-electron chi connectivity index (χ3n) is 2.59. The first-order valence-corrected chi connectivity index (χ1v) is 5.77. The molecule has 16 heavy (non-hydrogen) atoms. The SMILES string of the molecule is CCc1cc(N(C)C(C)CC(N)=S)ncn1. The molecule has 0 aliphatic heterocycles. The van der Waals surface area contributed by atoms with Gasteiger partial charge in [0.25, 0.3) is 0 Å². The van der Waals surface area contributed by atoms with Crippen LogP contribution in [-0.2, 0) is 6.42 Å². The summed E-state index contributed by atoms with van der Waals surface area (Å²) in [5, 5.41) is 0. The van der Waals surface area contributed by atoms with E-state index in [2.05, 4.69) is 28.7 Å². The van der Waals surface area contributed by atoms with Gasteiger partial charge in [0.15, 0.2) is 0 Å². The summed E-state index contributed by atoms with van der Waals surface area (Å²) in [6, 6.07) is 2.24. The predicted molar refractivity (Wildman–Crippen MR) is 70.7 cm³/mol. The van der Waals surface area contributed by atoms with Crippen molar-refractivity contribution >= 4 is 23.0 Å². The zero-order valence-corrected chi connectivity index (χ0v) is 10.8. The molecule has 1 heterocycles. The van der Waals surface area contributed by atoms with E-state index < -0.39 is 0 Å². The Morgan fingerprint density at radius 2 is 2.25 bits per heavy atom. The van der Waals surface area contributed by atoms with Crippen LogP contribution >= 0.6 is 12.2 Å². The van der Waals surface area contributed by atoms with Crippen LogP contribution in [0.4, 0.5) is 5.82 Å². The van der Waals surface area contributed by atoms with E-state index in [1.165, 1.54) is 0 Å². The van der Waals surface area contributed by atoms with Gasteiger partial charge in [-0.1, -0.05) is 19.1 Å². The van der Waals surface area contributed by atoms with Gasteiger partial charge in [0.05, 0.1) is 4.99 Å². The van der Waals surface area contributed by atoms with Crippen molar-refractivity contribution in [3.05, 3.63) is 18.1 Å². The molecule has 0 saturated heterocycles. The number of rotatable bonds is 5. The molecule has 0 bridgehead atoms. The van der Waals surface area contributed by atoms with Crippen molar-refractivity contribution in [2.24, 2.45) is 5.73 Å². The van der Waals surface area contributed by atoms with Gasteiger partial charge in [0.2, 0.25) is 0 Å². The first kappa shape index (κ1) is 12.8. The Morgan fingerprint density at radius 1 is 1.56 bits per heavy atom. The number of anilines is 1. The molecular weight excluding hydrogens is 220 g/mol. The molecule has 5 heteroatoms. The van der Waals surface area contributed by atoms with Crippen molar-refractivity contribution in [2.45, 2.75) is 32.7 Å². The Bertz CT molecular complexity index is 367. The molecule has 1 unspecified atom stereocenters. The zero-order valence-electron chi connectivity index (χ0n) is 9.97. The summed E-state index contributed by atoms with van der Waals surface area (Å²) in [5.74, 6) is 0.913. The number of hydrogen-bond acceptors (Lipinski definition) is 4. The number of nitrogens with zero attached hydrogens (tertiary/aromatic N) is 3. The van der Waals surface area contributed by atoms with Crippen LogP contribution < -0.4 is 10.6 Å². The summed E-state index contributed by atoms with van der Waals surface area (Å²) in [6.45, 7) is 4.15. The fraction of sp³-hybridized carbons (Fsp3) is 0.545. The number of aromatic nitrogens is 2. The second-order valence-electron chi connectivity index (χ2n) is 3.85. The molecule has 0 saturated carbocycles. The van der Waals surface area contributed by atoms with Crippen LogP contribution in [0.3, 0.4) is 0 Å². The lowest BCUT2D eigenvalue weighted by Gasteiger charge is -2.25. The molecule has 1 aromatic heterocycles. The molecule has 0 aromatic carbocycles. The normalized spacial score (nSPS) is 12.2. The lowest BCUT2D eigenvalue weighted by molar-refractivity contribution is 0.702. The minimum atomic E-state index is 0.247. The molecule has 0 aliphatic carbocycles. The van der Waals surface area contributed by atoms with E-state index >= 15 is 0 Å². The highest BCUT2D eigenvalue weighted by Gasteiger charge is 2.12. The van der Waals surface area contributed by atoms with Gasteiger partial charge in [-0.25, -0.2) is 9.97 Å². The Morgan fingerprint density at radius 3 is 2.81 bits per heavy atom. The van der Waals surface area contributed by atoms with E-state index in [4.69, 9.17) is 18.0 Å². The Labute approximate surface area is 102 Å². The van der Waals surface area contributed by atoms with Crippen molar-refractivity contribution in [1.82, 2.24) is 9.97 Å². The van der Waals surface area contributed by atoms with Gasteiger partial charge in [-0.3, -0.25) is 0 Å². The summed E-state index contributed by atoms with van der Waals surface area (Å²) in [6.07, 6.45) is 3.20. The molecule has 0 amide bonds. The highest BCUT2D eigenvalue weighted by Crippen LogP contribution is 2.14. The smallest absolute Gasteiger partial charge is 0.132 e. The monoisotopic (exact) mass is 238 g/mol. The molecule has 0 fully saturated rings. The second-order valence-corrected chi connectivity index (χ2v) is 4.38. The lowest BCUT2D eigenvalue weighted by atomic mass is 10.2. The molecule has 1 atom stereocenters. The Kier molecular flexibility index (Phi) is 4.61. The molecule has 1 aromatic rings. The average molecular weight is 238 g/mol. The summed E-state index contributed by atoms with van der Waals surface area (Å²) in [5.41, 5.74) is 6.58. The fourth-order valence-corrected chi connectivity index (χ4v) is 1.67. The maximum atomic E-state index is 5.54. The highest BCUT2D eigenvalue weighted by atomic mass is 32.1. The standard InChI is InChI=1S/C11H18N4S/c1-4-9-6-11(14-7-13-9)15(3)8(2)5-10(12)16/h6-8H,4-5H2,1-3H3,(H2,12,16). The maximum Gasteiger partial charge on any atom is 0.132 e. The topological polar surface area (TPSA) is 55.0 Å². The summed E-state index contributed by atoms with van der Waals surface area (Å²) in [7, 11) is 1.99. The van der Waals surface area contributed by atoms with Gasteiger partial charge in [0, 0.05) is 31.3 Å². The van der Waals surface area contributed by atoms with E-state index in [0.29, 0.717) is 11.4 Å². The van der Waals surface area contributed by atoms with Crippen LogP contribution in [0, 0.1) is 0 Å². The molecule has 2 N–H and O–H groups in total. The molecule has 4 nitrogen and oxygen atoms in total. The first-order chi connectivity index (χ1) is 7.54. The number of nitrogens with two attached hydrogens (primary N) is 1. The van der Waals surface area contributed by atoms with Crippen LogP contribution in [0.2, 0.25) is 0 Å². The average Bonchev–Trinajstić information content (AvgIpc) is 2.27. The zero-order chi connectivity index (χ0) is 12.1. The molecular formula is C11H18N4S. The third-order valence-corrected chi connectivity index (χ3v) is 2.76. The second kappa shape index (κ2) is 5.75. The van der Waals surface area contributed by atoms with Crippen LogP contribution in [0.5, 0.6) is 0 Å². The maximum absolute atomic E-state index is 5.54. The largest absolute Gasteiger partial charge is 0.393 e. The van der Waals surface area contributed by atoms with Gasteiger partial charge in [0.1, 0.15) is 12.1 Å². The molecule has 88 valence electrons. The fourth-order valence-electron chi connectivity index (χ4n) is 1.43. The van der Waals surface area contributed by atoms with Gasteiger partial charge < -0.3 is 10.6 Å². The van der Waals surface area contributed by atoms with E-state index in [9.17, 15) is 0 Å². The van der Waals surface area contributed by atoms with Gasteiger partial charge in [-0.2, -0.15) is 0 Å². The van der Waals surface area contributed by atoms with Crippen molar-refractivity contribution < 1.29 is 0 Å². The van der Waals surface area contributed by atoms with Gasteiger partial charge in [-0.15, -0.1) is 0 Å². The molecule has 0 radical (unpaired) electrons. The van der Waals surface area contributed by atoms with Crippen molar-refractivity contribution in [2.75, 3.05) is 11.9 Å². The molecule has 0 spiro atoms. The predicted octanol–water partition coefficient (Wildman–Crippen LogP) is 1.54. The van der Waals surface area contributed by atoms with Crippen molar-refractivity contribution in [3.8, 4) is 0 Å². The number of aryl methyl sites for hydroxylation is 1. The number of hydrogen-bond donors (Lipinski definition) is 1. The Hall–Kier alpha value is -1.23.